The number of nitrogens with one attached hydrogen (secondary N) is 1. The van der Waals surface area contributed by atoms with E-state index < -0.39 is 0 Å². The third-order valence-electron chi connectivity index (χ3n) is 5.73. The van der Waals surface area contributed by atoms with Gasteiger partial charge in [0.15, 0.2) is 0 Å². The van der Waals surface area contributed by atoms with E-state index in [1.165, 1.54) is 0 Å². The van der Waals surface area contributed by atoms with Gasteiger partial charge in [-0.25, -0.2) is 0 Å². The van der Waals surface area contributed by atoms with Crippen LogP contribution in [-0.2, 0) is 16.1 Å². The van der Waals surface area contributed by atoms with Crippen LogP contribution in [0.3, 0.4) is 0 Å². The van der Waals surface area contributed by atoms with Gasteiger partial charge in [-0.05, 0) is 43.0 Å². The summed E-state index contributed by atoms with van der Waals surface area (Å²) in [6, 6.07) is 16.7. The van der Waals surface area contributed by atoms with Crippen molar-refractivity contribution in [3.05, 3.63) is 71.3 Å². The Balaban J connectivity index is 1.38. The summed E-state index contributed by atoms with van der Waals surface area (Å²) in [7, 11) is 0. The molecule has 0 aliphatic carbocycles. The summed E-state index contributed by atoms with van der Waals surface area (Å²) in [5.41, 5.74) is 2.52. The van der Waals surface area contributed by atoms with Gasteiger partial charge in [-0.3, -0.25) is 14.4 Å². The van der Waals surface area contributed by atoms with E-state index in [4.69, 9.17) is 0 Å². The molecule has 3 amide bonds. The van der Waals surface area contributed by atoms with Crippen LogP contribution in [0, 0.1) is 0 Å². The second-order valence-corrected chi connectivity index (χ2v) is 7.74. The summed E-state index contributed by atoms with van der Waals surface area (Å²) in [4.78, 5) is 40.8. The maximum absolute atomic E-state index is 12.7. The van der Waals surface area contributed by atoms with Crippen LogP contribution in [0.5, 0.6) is 0 Å². The average Bonchev–Trinajstić information content (AvgIpc) is 3.24. The summed E-state index contributed by atoms with van der Waals surface area (Å²) >= 11 is 0. The summed E-state index contributed by atoms with van der Waals surface area (Å²) in [6.45, 7) is 3.16. The van der Waals surface area contributed by atoms with Crippen molar-refractivity contribution >= 4 is 17.7 Å². The molecule has 1 N–H and O–H groups in total. The minimum Gasteiger partial charge on any atom is -0.346 e. The number of amides is 3. The Bertz CT molecular complexity index is 911. The van der Waals surface area contributed by atoms with Gasteiger partial charge in [-0.2, -0.15) is 0 Å². The first kappa shape index (κ1) is 19.2. The molecule has 2 heterocycles. The van der Waals surface area contributed by atoms with Crippen molar-refractivity contribution in [2.45, 2.75) is 38.4 Å². The molecule has 2 aromatic rings. The smallest absolute Gasteiger partial charge is 0.251 e. The predicted octanol–water partition coefficient (Wildman–Crippen LogP) is 2.51. The maximum Gasteiger partial charge on any atom is 0.251 e. The van der Waals surface area contributed by atoms with Crippen LogP contribution in [0.4, 0.5) is 0 Å². The highest BCUT2D eigenvalue weighted by atomic mass is 16.2. The molecule has 2 fully saturated rings. The molecule has 150 valence electrons. The van der Waals surface area contributed by atoms with E-state index in [2.05, 4.69) is 5.32 Å². The number of rotatable bonds is 5. The van der Waals surface area contributed by atoms with E-state index >= 15 is 0 Å². The first-order valence-corrected chi connectivity index (χ1v) is 10.1. The SMILES string of the molecule is CC(NC(=O)c1ccc(CN2CC(=O)N3CCCC3C2=O)cc1)c1ccccc1. The molecule has 2 aliphatic rings. The first-order chi connectivity index (χ1) is 14.0. The van der Waals surface area contributed by atoms with Gasteiger partial charge in [-0.1, -0.05) is 42.5 Å². The number of carbonyl (C=O) groups is 3. The lowest BCUT2D eigenvalue weighted by Gasteiger charge is -2.36. The second kappa shape index (κ2) is 8.07. The van der Waals surface area contributed by atoms with Crippen molar-refractivity contribution in [2.24, 2.45) is 0 Å². The van der Waals surface area contributed by atoms with Crippen LogP contribution in [0.15, 0.2) is 54.6 Å². The van der Waals surface area contributed by atoms with Crippen LogP contribution in [0.1, 0.15) is 47.3 Å². The fourth-order valence-electron chi connectivity index (χ4n) is 4.09. The third kappa shape index (κ3) is 4.01. The number of hydrogen-bond donors (Lipinski definition) is 1. The highest BCUT2D eigenvalue weighted by molar-refractivity contribution is 5.95. The van der Waals surface area contributed by atoms with E-state index in [-0.39, 0.29) is 36.3 Å². The van der Waals surface area contributed by atoms with E-state index in [0.29, 0.717) is 18.7 Å². The molecule has 2 aliphatic heterocycles. The molecule has 0 saturated carbocycles. The Hall–Kier alpha value is -3.15. The van der Waals surface area contributed by atoms with E-state index in [1.807, 2.05) is 49.4 Å². The number of benzene rings is 2. The predicted molar refractivity (Wildman–Crippen MR) is 109 cm³/mol. The van der Waals surface area contributed by atoms with Crippen LogP contribution >= 0.6 is 0 Å². The normalized spacial score (nSPS) is 19.8. The minimum absolute atomic E-state index is 0.0259. The quantitative estimate of drug-likeness (QED) is 0.851. The lowest BCUT2D eigenvalue weighted by molar-refractivity contribution is -0.154. The van der Waals surface area contributed by atoms with Crippen LogP contribution in [0.25, 0.3) is 0 Å². The topological polar surface area (TPSA) is 69.7 Å². The number of nitrogens with zero attached hydrogens (tertiary/aromatic N) is 2. The molecule has 6 heteroatoms. The fraction of sp³-hybridized carbons (Fsp3) is 0.348. The average molecular weight is 391 g/mol. The molecule has 4 rings (SSSR count). The molecule has 2 saturated heterocycles. The van der Waals surface area contributed by atoms with Gasteiger partial charge in [0.05, 0.1) is 6.04 Å². The van der Waals surface area contributed by atoms with Crippen molar-refractivity contribution in [2.75, 3.05) is 13.1 Å². The van der Waals surface area contributed by atoms with Crippen molar-refractivity contribution in [3.8, 4) is 0 Å². The van der Waals surface area contributed by atoms with Gasteiger partial charge in [0.2, 0.25) is 11.8 Å². The molecular weight excluding hydrogens is 366 g/mol. The van der Waals surface area contributed by atoms with Crippen molar-refractivity contribution < 1.29 is 14.4 Å². The minimum atomic E-state index is -0.291. The molecule has 0 spiro atoms. The van der Waals surface area contributed by atoms with Gasteiger partial charge < -0.3 is 15.1 Å². The maximum atomic E-state index is 12.7. The Morgan fingerprint density at radius 2 is 1.83 bits per heavy atom. The summed E-state index contributed by atoms with van der Waals surface area (Å²) < 4.78 is 0. The molecule has 0 radical (unpaired) electrons. The van der Waals surface area contributed by atoms with E-state index in [0.717, 1.165) is 24.0 Å². The van der Waals surface area contributed by atoms with Gasteiger partial charge >= 0.3 is 0 Å². The van der Waals surface area contributed by atoms with E-state index in [9.17, 15) is 14.4 Å². The number of piperazine rings is 1. The molecule has 29 heavy (non-hydrogen) atoms. The molecule has 2 atom stereocenters. The lowest BCUT2D eigenvalue weighted by atomic mass is 10.1. The van der Waals surface area contributed by atoms with Gasteiger partial charge in [0, 0.05) is 18.7 Å². The van der Waals surface area contributed by atoms with Crippen LogP contribution in [0.2, 0.25) is 0 Å². The fourth-order valence-corrected chi connectivity index (χ4v) is 4.09. The first-order valence-electron chi connectivity index (χ1n) is 10.1. The number of carbonyl (C=O) groups excluding carboxylic acids is 3. The Labute approximate surface area is 170 Å². The van der Waals surface area contributed by atoms with E-state index in [1.54, 1.807) is 21.9 Å². The molecule has 2 unspecified atom stereocenters. The zero-order valence-electron chi connectivity index (χ0n) is 16.5. The van der Waals surface area contributed by atoms with Gasteiger partial charge in [0.1, 0.15) is 12.6 Å². The number of hydrogen-bond acceptors (Lipinski definition) is 3. The van der Waals surface area contributed by atoms with Crippen LogP contribution < -0.4 is 5.32 Å². The van der Waals surface area contributed by atoms with Gasteiger partial charge in [0.25, 0.3) is 5.91 Å². The highest BCUT2D eigenvalue weighted by Gasteiger charge is 2.41. The zero-order valence-corrected chi connectivity index (χ0v) is 16.5. The molecule has 6 nitrogen and oxygen atoms in total. The zero-order chi connectivity index (χ0) is 20.4. The third-order valence-corrected chi connectivity index (χ3v) is 5.73. The Morgan fingerprint density at radius 3 is 2.55 bits per heavy atom. The van der Waals surface area contributed by atoms with Crippen molar-refractivity contribution in [1.29, 1.82) is 0 Å². The van der Waals surface area contributed by atoms with Crippen molar-refractivity contribution in [3.63, 3.8) is 0 Å². The summed E-state index contributed by atoms with van der Waals surface area (Å²) in [5.74, 6) is -0.0858. The molecule has 0 bridgehead atoms. The largest absolute Gasteiger partial charge is 0.346 e. The lowest BCUT2D eigenvalue weighted by Crippen LogP contribution is -2.56. The highest BCUT2D eigenvalue weighted by Crippen LogP contribution is 2.24. The summed E-state index contributed by atoms with van der Waals surface area (Å²) in [5, 5.41) is 3.00. The Morgan fingerprint density at radius 1 is 1.10 bits per heavy atom. The second-order valence-electron chi connectivity index (χ2n) is 7.74. The number of fused-ring (bicyclic) bond motifs is 1. The molecular formula is C23H25N3O3. The Kier molecular flexibility index (Phi) is 5.34. The monoisotopic (exact) mass is 391 g/mol. The molecule has 0 aromatic heterocycles. The van der Waals surface area contributed by atoms with Gasteiger partial charge in [-0.15, -0.1) is 0 Å². The summed E-state index contributed by atoms with van der Waals surface area (Å²) in [6.07, 6.45) is 1.64. The van der Waals surface area contributed by atoms with Crippen LogP contribution in [-0.4, -0.2) is 46.7 Å². The standard InChI is InChI=1S/C23H25N3O3/c1-16(18-6-3-2-4-7-18)24-22(28)19-11-9-17(10-12-19)14-25-15-21(27)26-13-5-8-20(26)23(25)29/h2-4,6-7,9-12,16,20H,5,8,13-15H2,1H3,(H,24,28). The molecule has 2 aromatic carbocycles. The van der Waals surface area contributed by atoms with Crippen molar-refractivity contribution in [1.82, 2.24) is 15.1 Å².